The van der Waals surface area contributed by atoms with Crippen LogP contribution in [0.3, 0.4) is 0 Å². The quantitative estimate of drug-likeness (QED) is 0.842. The molecule has 0 saturated carbocycles. The van der Waals surface area contributed by atoms with Crippen LogP contribution >= 0.6 is 0 Å². The van der Waals surface area contributed by atoms with Gasteiger partial charge in [-0.15, -0.1) is 0 Å². The first kappa shape index (κ1) is 11.4. The molecule has 1 fully saturated rings. The summed E-state index contributed by atoms with van der Waals surface area (Å²) in [5, 5.41) is 3.40. The summed E-state index contributed by atoms with van der Waals surface area (Å²) in [6, 6.07) is 6.70. The molecule has 2 rings (SSSR count). The molecule has 2 nitrogen and oxygen atoms in total. The summed E-state index contributed by atoms with van der Waals surface area (Å²) in [5.74, 6) is 1.24. The minimum atomic E-state index is -0.173. The van der Waals surface area contributed by atoms with Crippen LogP contribution in [0.5, 0.6) is 0 Å². The predicted octanol–water partition coefficient (Wildman–Crippen LogP) is 2.12. The van der Waals surface area contributed by atoms with Crippen LogP contribution in [0.1, 0.15) is 6.92 Å². The van der Waals surface area contributed by atoms with Crippen molar-refractivity contribution in [2.75, 3.05) is 31.6 Å². The molecule has 1 N–H and O–H groups in total. The molecule has 0 bridgehead atoms. The maximum Gasteiger partial charge on any atom is 0.123 e. The predicted molar refractivity (Wildman–Crippen MR) is 65.2 cm³/mol. The molecule has 88 valence electrons. The molecule has 1 saturated heterocycles. The molecule has 0 aliphatic carbocycles. The zero-order chi connectivity index (χ0) is 11.5. The number of hydrogen-bond donors (Lipinski definition) is 1. The Morgan fingerprint density at radius 1 is 1.31 bits per heavy atom. The van der Waals surface area contributed by atoms with Crippen molar-refractivity contribution >= 4 is 5.69 Å². The topological polar surface area (TPSA) is 15.3 Å². The number of rotatable bonds is 3. The summed E-state index contributed by atoms with van der Waals surface area (Å²) >= 11 is 0. The Kier molecular flexibility index (Phi) is 3.44. The lowest BCUT2D eigenvalue weighted by Crippen LogP contribution is -2.29. The number of benzene rings is 1. The monoisotopic (exact) mass is 222 g/mol. The number of anilines is 1. The highest BCUT2D eigenvalue weighted by Gasteiger charge is 2.24. The maximum atomic E-state index is 12.8. The van der Waals surface area contributed by atoms with Crippen molar-refractivity contribution in [1.82, 2.24) is 5.32 Å². The van der Waals surface area contributed by atoms with Crippen LogP contribution in [0.25, 0.3) is 0 Å². The van der Waals surface area contributed by atoms with E-state index in [4.69, 9.17) is 0 Å². The van der Waals surface area contributed by atoms with Gasteiger partial charge >= 0.3 is 0 Å². The largest absolute Gasteiger partial charge is 0.374 e. The van der Waals surface area contributed by atoms with Gasteiger partial charge in [-0.1, -0.05) is 6.92 Å². The van der Waals surface area contributed by atoms with Crippen LogP contribution in [0, 0.1) is 17.7 Å². The van der Waals surface area contributed by atoms with Gasteiger partial charge in [0.15, 0.2) is 0 Å². The van der Waals surface area contributed by atoms with Crippen LogP contribution in [-0.4, -0.2) is 26.7 Å². The Hall–Kier alpha value is -1.09. The Bertz CT molecular complexity index is 336. The fraction of sp³-hybridized carbons (Fsp3) is 0.538. The average molecular weight is 222 g/mol. The molecule has 1 heterocycles. The average Bonchev–Trinajstić information content (AvgIpc) is 2.65. The summed E-state index contributed by atoms with van der Waals surface area (Å²) in [5.41, 5.74) is 1.08. The molecule has 2 atom stereocenters. The van der Waals surface area contributed by atoms with Gasteiger partial charge in [0.1, 0.15) is 5.82 Å². The second-order valence-electron chi connectivity index (χ2n) is 4.75. The fourth-order valence-corrected chi connectivity index (χ4v) is 2.26. The molecular weight excluding hydrogens is 203 g/mol. The summed E-state index contributed by atoms with van der Waals surface area (Å²) in [6.45, 7) is 5.51. The molecule has 1 aliphatic heterocycles. The van der Waals surface area contributed by atoms with Crippen LogP contribution in [0.15, 0.2) is 24.3 Å². The Labute approximate surface area is 96.5 Å². The van der Waals surface area contributed by atoms with E-state index in [9.17, 15) is 4.39 Å². The van der Waals surface area contributed by atoms with Crippen molar-refractivity contribution < 1.29 is 4.39 Å². The zero-order valence-electron chi connectivity index (χ0n) is 9.91. The molecule has 1 aromatic carbocycles. The van der Waals surface area contributed by atoms with E-state index in [2.05, 4.69) is 24.2 Å². The second-order valence-corrected chi connectivity index (χ2v) is 4.75. The first-order valence-electron chi connectivity index (χ1n) is 5.84. The Morgan fingerprint density at radius 2 is 2.00 bits per heavy atom. The lowest BCUT2D eigenvalue weighted by molar-refractivity contribution is 0.455. The van der Waals surface area contributed by atoms with Gasteiger partial charge in [-0.25, -0.2) is 4.39 Å². The third-order valence-electron chi connectivity index (χ3n) is 3.45. The Balaban J connectivity index is 1.97. The van der Waals surface area contributed by atoms with Crippen molar-refractivity contribution in [2.45, 2.75) is 6.92 Å². The summed E-state index contributed by atoms with van der Waals surface area (Å²) in [4.78, 5) is 2.20. The van der Waals surface area contributed by atoms with Gasteiger partial charge in [-0.2, -0.15) is 0 Å². The smallest absolute Gasteiger partial charge is 0.123 e. The molecule has 2 unspecified atom stereocenters. The van der Waals surface area contributed by atoms with Gasteiger partial charge in [0.2, 0.25) is 0 Å². The van der Waals surface area contributed by atoms with Gasteiger partial charge in [0, 0.05) is 19.3 Å². The lowest BCUT2D eigenvalue weighted by atomic mass is 9.97. The normalized spacial score (nSPS) is 24.7. The molecular formula is C13H19FN2. The van der Waals surface area contributed by atoms with Gasteiger partial charge in [0.25, 0.3) is 0 Å². The van der Waals surface area contributed by atoms with E-state index in [-0.39, 0.29) is 5.82 Å². The number of nitrogens with one attached hydrogen (secondary N) is 1. The molecule has 0 aromatic heterocycles. The molecule has 16 heavy (non-hydrogen) atoms. The third-order valence-corrected chi connectivity index (χ3v) is 3.45. The van der Waals surface area contributed by atoms with Crippen molar-refractivity contribution in [3.05, 3.63) is 30.1 Å². The van der Waals surface area contributed by atoms with E-state index >= 15 is 0 Å². The van der Waals surface area contributed by atoms with Crippen molar-refractivity contribution in [3.8, 4) is 0 Å². The van der Waals surface area contributed by atoms with E-state index in [0.717, 1.165) is 31.2 Å². The lowest BCUT2D eigenvalue weighted by Gasteiger charge is -2.25. The van der Waals surface area contributed by atoms with Gasteiger partial charge < -0.3 is 10.2 Å². The fourth-order valence-electron chi connectivity index (χ4n) is 2.26. The highest BCUT2D eigenvalue weighted by Crippen LogP contribution is 2.20. The standard InChI is InChI=1S/C13H19FN2/c1-10-7-15-8-11(10)9-16(2)13-5-3-12(14)4-6-13/h3-6,10-11,15H,7-9H2,1-2H3. The Morgan fingerprint density at radius 3 is 2.56 bits per heavy atom. The third kappa shape index (κ3) is 2.53. The van der Waals surface area contributed by atoms with Gasteiger partial charge in [0.05, 0.1) is 0 Å². The first-order valence-corrected chi connectivity index (χ1v) is 5.84. The van der Waals surface area contributed by atoms with E-state index in [1.54, 1.807) is 0 Å². The van der Waals surface area contributed by atoms with Crippen LogP contribution < -0.4 is 10.2 Å². The maximum absolute atomic E-state index is 12.8. The van der Waals surface area contributed by atoms with Crippen LogP contribution in [0.2, 0.25) is 0 Å². The second kappa shape index (κ2) is 4.83. The highest BCUT2D eigenvalue weighted by atomic mass is 19.1. The first-order chi connectivity index (χ1) is 7.66. The highest BCUT2D eigenvalue weighted by molar-refractivity contribution is 5.45. The molecule has 1 aromatic rings. The van der Waals surface area contributed by atoms with Gasteiger partial charge in [-0.3, -0.25) is 0 Å². The van der Waals surface area contributed by atoms with Crippen LogP contribution in [-0.2, 0) is 0 Å². The zero-order valence-corrected chi connectivity index (χ0v) is 9.91. The minimum absolute atomic E-state index is 0.173. The summed E-state index contributed by atoms with van der Waals surface area (Å²) in [6.07, 6.45) is 0. The van der Waals surface area contributed by atoms with E-state index in [1.807, 2.05) is 12.1 Å². The van der Waals surface area contributed by atoms with Gasteiger partial charge in [-0.05, 0) is 49.2 Å². The summed E-state index contributed by atoms with van der Waals surface area (Å²) in [7, 11) is 2.07. The minimum Gasteiger partial charge on any atom is -0.374 e. The SMILES string of the molecule is CC1CNCC1CN(C)c1ccc(F)cc1. The number of hydrogen-bond acceptors (Lipinski definition) is 2. The number of halogens is 1. The molecule has 0 spiro atoms. The van der Waals surface area contributed by atoms with E-state index in [0.29, 0.717) is 5.92 Å². The van der Waals surface area contributed by atoms with Crippen molar-refractivity contribution in [3.63, 3.8) is 0 Å². The number of nitrogens with zero attached hydrogens (tertiary/aromatic N) is 1. The molecule has 1 aliphatic rings. The van der Waals surface area contributed by atoms with Crippen LogP contribution in [0.4, 0.5) is 10.1 Å². The molecule has 0 radical (unpaired) electrons. The van der Waals surface area contributed by atoms with Crippen molar-refractivity contribution in [2.24, 2.45) is 11.8 Å². The van der Waals surface area contributed by atoms with E-state index in [1.165, 1.54) is 12.1 Å². The molecule has 3 heteroatoms. The van der Waals surface area contributed by atoms with Crippen molar-refractivity contribution in [1.29, 1.82) is 0 Å². The molecule has 0 amide bonds. The summed E-state index contributed by atoms with van der Waals surface area (Å²) < 4.78 is 12.8. The van der Waals surface area contributed by atoms with E-state index < -0.39 is 0 Å².